The van der Waals surface area contributed by atoms with Gasteiger partial charge in [-0.2, -0.15) is 0 Å². The van der Waals surface area contributed by atoms with Crippen LogP contribution in [0.4, 0.5) is 0 Å². The van der Waals surface area contributed by atoms with Gasteiger partial charge in [0.2, 0.25) is 0 Å². The second kappa shape index (κ2) is 6.64. The number of ether oxygens (including phenoxy) is 1. The van der Waals surface area contributed by atoms with Gasteiger partial charge in [-0.05, 0) is 29.8 Å². The van der Waals surface area contributed by atoms with E-state index in [2.05, 4.69) is 9.97 Å². The van der Waals surface area contributed by atoms with Gasteiger partial charge in [0.25, 0.3) is 5.91 Å². The quantitative estimate of drug-likeness (QED) is 0.733. The molecule has 1 aliphatic heterocycles. The van der Waals surface area contributed by atoms with Gasteiger partial charge in [-0.1, -0.05) is 6.07 Å². The molecule has 1 aliphatic rings. The summed E-state index contributed by atoms with van der Waals surface area (Å²) in [5, 5.41) is 0. The van der Waals surface area contributed by atoms with Crippen LogP contribution >= 0.6 is 0 Å². The Bertz CT molecular complexity index is 844. The number of aromatic nitrogens is 3. The monoisotopic (exact) mass is 336 g/mol. The van der Waals surface area contributed by atoms with Crippen molar-refractivity contribution >= 4 is 11.6 Å². The molecule has 1 saturated heterocycles. The first kappa shape index (κ1) is 15.8. The van der Waals surface area contributed by atoms with Crippen molar-refractivity contribution in [1.82, 2.24) is 19.3 Å². The third kappa shape index (κ3) is 3.00. The van der Waals surface area contributed by atoms with Gasteiger partial charge < -0.3 is 14.0 Å². The number of methoxy groups -OCH3 is 1. The molecule has 4 heterocycles. The average Bonchev–Trinajstić information content (AvgIpc) is 3.26. The Kier molecular flexibility index (Phi) is 4.19. The maximum atomic E-state index is 12.9. The number of fused-ring (bicyclic) bond motifs is 1. The Morgan fingerprint density at radius 3 is 2.84 bits per heavy atom. The molecule has 0 bridgehead atoms. The number of pyridine rings is 2. The zero-order chi connectivity index (χ0) is 17.2. The third-order valence-electron chi connectivity index (χ3n) is 4.83. The van der Waals surface area contributed by atoms with Gasteiger partial charge in [0.05, 0.1) is 6.61 Å². The highest BCUT2D eigenvalue weighted by Gasteiger charge is 2.37. The molecule has 0 saturated carbocycles. The highest BCUT2D eigenvalue weighted by atomic mass is 16.5. The lowest BCUT2D eigenvalue weighted by molar-refractivity contribution is 0.0770. The molecule has 4 rings (SSSR count). The molecule has 0 radical (unpaired) electrons. The van der Waals surface area contributed by atoms with Crippen LogP contribution in [0.1, 0.15) is 22.0 Å². The smallest absolute Gasteiger partial charge is 0.274 e. The zero-order valence-corrected chi connectivity index (χ0v) is 14.1. The van der Waals surface area contributed by atoms with Crippen LogP contribution in [0.2, 0.25) is 0 Å². The molecule has 3 aromatic rings. The summed E-state index contributed by atoms with van der Waals surface area (Å²) in [6.45, 7) is 1.97. The summed E-state index contributed by atoms with van der Waals surface area (Å²) in [6, 6.07) is 9.78. The number of amides is 1. The van der Waals surface area contributed by atoms with E-state index >= 15 is 0 Å². The Hall–Kier alpha value is -2.73. The summed E-state index contributed by atoms with van der Waals surface area (Å²) >= 11 is 0. The van der Waals surface area contributed by atoms with E-state index < -0.39 is 0 Å². The molecule has 6 heteroatoms. The lowest BCUT2D eigenvalue weighted by Crippen LogP contribution is -2.29. The van der Waals surface area contributed by atoms with E-state index in [1.165, 1.54) is 5.56 Å². The number of hydrogen-bond donors (Lipinski definition) is 0. The predicted molar refractivity (Wildman–Crippen MR) is 93.4 cm³/mol. The highest BCUT2D eigenvalue weighted by molar-refractivity contribution is 5.93. The van der Waals surface area contributed by atoms with Crippen LogP contribution in [0.3, 0.4) is 0 Å². The molecule has 25 heavy (non-hydrogen) atoms. The topological polar surface area (TPSA) is 59.7 Å². The standard InChI is InChI=1S/C19H20N4O2/c1-25-13-15-10-23(11-16(15)14-5-7-20-8-6-14)19(24)17-12-22-9-3-2-4-18(22)21-17/h2-9,12,15-16H,10-11,13H2,1H3/t15-,16-/m0/s1. The first-order chi connectivity index (χ1) is 12.3. The summed E-state index contributed by atoms with van der Waals surface area (Å²) in [4.78, 5) is 23.4. The van der Waals surface area contributed by atoms with Crippen molar-refractivity contribution in [1.29, 1.82) is 0 Å². The Balaban J connectivity index is 1.59. The molecule has 2 atom stereocenters. The first-order valence-corrected chi connectivity index (χ1v) is 8.38. The summed E-state index contributed by atoms with van der Waals surface area (Å²) in [6.07, 6.45) is 7.29. The summed E-state index contributed by atoms with van der Waals surface area (Å²) in [5.74, 6) is 0.499. The lowest BCUT2D eigenvalue weighted by Gasteiger charge is -2.17. The molecule has 0 aromatic carbocycles. The molecule has 3 aromatic heterocycles. The predicted octanol–water partition coefficient (Wildman–Crippen LogP) is 2.23. The maximum Gasteiger partial charge on any atom is 0.274 e. The van der Waals surface area contributed by atoms with E-state index in [-0.39, 0.29) is 17.7 Å². The van der Waals surface area contributed by atoms with Gasteiger partial charge >= 0.3 is 0 Å². The lowest BCUT2D eigenvalue weighted by atomic mass is 9.90. The third-order valence-corrected chi connectivity index (χ3v) is 4.83. The van der Waals surface area contributed by atoms with Crippen LogP contribution in [0.25, 0.3) is 5.65 Å². The molecule has 6 nitrogen and oxygen atoms in total. The van der Waals surface area contributed by atoms with Gasteiger partial charge in [-0.15, -0.1) is 0 Å². The van der Waals surface area contributed by atoms with Crippen molar-refractivity contribution in [2.75, 3.05) is 26.8 Å². The largest absolute Gasteiger partial charge is 0.384 e. The molecular formula is C19H20N4O2. The summed E-state index contributed by atoms with van der Waals surface area (Å²) in [7, 11) is 1.70. The molecular weight excluding hydrogens is 316 g/mol. The van der Waals surface area contributed by atoms with Gasteiger partial charge in [0, 0.05) is 56.8 Å². The normalized spacial score (nSPS) is 20.3. The van der Waals surface area contributed by atoms with Crippen LogP contribution in [-0.4, -0.2) is 52.0 Å². The van der Waals surface area contributed by atoms with Crippen molar-refractivity contribution < 1.29 is 9.53 Å². The molecule has 0 N–H and O–H groups in total. The minimum atomic E-state index is -0.0265. The number of carbonyl (C=O) groups excluding carboxylic acids is 1. The van der Waals surface area contributed by atoms with Crippen molar-refractivity contribution in [2.24, 2.45) is 5.92 Å². The molecule has 1 fully saturated rings. The average molecular weight is 336 g/mol. The molecule has 0 unspecified atom stereocenters. The number of rotatable bonds is 4. The number of carbonyl (C=O) groups is 1. The highest BCUT2D eigenvalue weighted by Crippen LogP contribution is 2.33. The van der Waals surface area contributed by atoms with Gasteiger partial charge in [0.15, 0.2) is 0 Å². The van der Waals surface area contributed by atoms with Gasteiger partial charge in [-0.3, -0.25) is 9.78 Å². The van der Waals surface area contributed by atoms with Crippen LogP contribution < -0.4 is 0 Å². The van der Waals surface area contributed by atoms with Gasteiger partial charge in [0.1, 0.15) is 11.3 Å². The number of imidazole rings is 1. The Morgan fingerprint density at radius 1 is 1.24 bits per heavy atom. The van der Waals surface area contributed by atoms with E-state index in [1.807, 2.05) is 45.8 Å². The molecule has 0 aliphatic carbocycles. The molecule has 0 spiro atoms. The Morgan fingerprint density at radius 2 is 2.08 bits per heavy atom. The fourth-order valence-electron chi connectivity index (χ4n) is 3.61. The van der Waals surface area contributed by atoms with E-state index in [9.17, 15) is 4.79 Å². The summed E-state index contributed by atoms with van der Waals surface area (Å²) < 4.78 is 7.26. The molecule has 128 valence electrons. The van der Waals surface area contributed by atoms with Crippen molar-refractivity contribution in [3.8, 4) is 0 Å². The number of likely N-dealkylation sites (tertiary alicyclic amines) is 1. The fourth-order valence-corrected chi connectivity index (χ4v) is 3.61. The Labute approximate surface area is 146 Å². The van der Waals surface area contributed by atoms with Crippen LogP contribution in [0.5, 0.6) is 0 Å². The van der Waals surface area contributed by atoms with E-state index in [0.717, 1.165) is 5.65 Å². The van der Waals surface area contributed by atoms with E-state index in [1.54, 1.807) is 25.7 Å². The first-order valence-electron chi connectivity index (χ1n) is 8.38. The van der Waals surface area contributed by atoms with Crippen LogP contribution in [0, 0.1) is 5.92 Å². The van der Waals surface area contributed by atoms with Crippen molar-refractivity contribution in [3.63, 3.8) is 0 Å². The van der Waals surface area contributed by atoms with Crippen LogP contribution in [0.15, 0.2) is 55.1 Å². The van der Waals surface area contributed by atoms with E-state index in [4.69, 9.17) is 4.74 Å². The zero-order valence-electron chi connectivity index (χ0n) is 14.1. The SMILES string of the molecule is COC[C@@H]1CN(C(=O)c2cn3ccccc3n2)C[C@H]1c1ccncc1. The molecule has 1 amide bonds. The second-order valence-corrected chi connectivity index (χ2v) is 6.40. The van der Waals surface area contributed by atoms with Crippen molar-refractivity contribution in [3.05, 3.63) is 66.4 Å². The number of nitrogens with zero attached hydrogens (tertiary/aromatic N) is 4. The van der Waals surface area contributed by atoms with E-state index in [0.29, 0.717) is 25.4 Å². The van der Waals surface area contributed by atoms with Crippen molar-refractivity contribution in [2.45, 2.75) is 5.92 Å². The summed E-state index contributed by atoms with van der Waals surface area (Å²) in [5.41, 5.74) is 2.46. The minimum absolute atomic E-state index is 0.0265. The minimum Gasteiger partial charge on any atom is -0.384 e. The fraction of sp³-hybridized carbons (Fsp3) is 0.316. The van der Waals surface area contributed by atoms with Gasteiger partial charge in [-0.25, -0.2) is 4.98 Å². The maximum absolute atomic E-state index is 12.9. The second-order valence-electron chi connectivity index (χ2n) is 6.40. The van der Waals surface area contributed by atoms with Crippen LogP contribution in [-0.2, 0) is 4.74 Å². The number of hydrogen-bond acceptors (Lipinski definition) is 4.